The monoisotopic (exact) mass is 319 g/mol. The first kappa shape index (κ1) is 15.2. The highest BCUT2D eigenvalue weighted by Crippen LogP contribution is 2.30. The minimum Gasteiger partial charge on any atom is -0.305 e. The molecule has 0 aliphatic rings. The summed E-state index contributed by atoms with van der Waals surface area (Å²) in [4.78, 5) is 19.1. The Balaban J connectivity index is 2.28. The molecule has 0 fully saturated rings. The zero-order chi connectivity index (χ0) is 15.6. The number of benzene rings is 1. The molecule has 0 saturated carbocycles. The molecule has 110 valence electrons. The Labute approximate surface area is 120 Å². The molecule has 0 radical (unpaired) electrons. The number of aromatic nitrogens is 2. The number of hydrogen-bond donors (Lipinski definition) is 1. The fraction of sp³-hybridized carbons (Fsp3) is 0.0833. The van der Waals surface area contributed by atoms with Gasteiger partial charge in [-0.25, -0.2) is 14.4 Å². The van der Waals surface area contributed by atoms with Gasteiger partial charge in [-0.05, 0) is 18.2 Å². The van der Waals surface area contributed by atoms with Crippen LogP contribution in [0.2, 0.25) is 5.15 Å². The quantitative estimate of drug-likeness (QED) is 0.861. The Hall–Kier alpha value is -2.22. The fourth-order valence-electron chi connectivity index (χ4n) is 1.44. The molecule has 21 heavy (non-hydrogen) atoms. The van der Waals surface area contributed by atoms with Crippen LogP contribution in [0.4, 0.5) is 23.4 Å². The van der Waals surface area contributed by atoms with E-state index in [4.69, 9.17) is 11.6 Å². The van der Waals surface area contributed by atoms with E-state index in [0.29, 0.717) is 18.2 Å². The number of hydrogen-bond acceptors (Lipinski definition) is 3. The highest BCUT2D eigenvalue weighted by molar-refractivity contribution is 6.29. The normalized spacial score (nSPS) is 11.3. The summed E-state index contributed by atoms with van der Waals surface area (Å²) in [6.45, 7) is 0. The van der Waals surface area contributed by atoms with Crippen molar-refractivity contribution in [2.45, 2.75) is 6.18 Å². The van der Waals surface area contributed by atoms with Crippen molar-refractivity contribution in [3.05, 3.63) is 52.7 Å². The Bertz CT molecular complexity index is 673. The van der Waals surface area contributed by atoms with Gasteiger partial charge in [0.25, 0.3) is 5.91 Å². The number of nitrogens with one attached hydrogen (secondary N) is 1. The molecule has 0 unspecified atom stereocenters. The minimum absolute atomic E-state index is 0.0678. The van der Waals surface area contributed by atoms with Gasteiger partial charge in [0.1, 0.15) is 11.0 Å². The lowest BCUT2D eigenvalue weighted by Crippen LogP contribution is -2.16. The lowest BCUT2D eigenvalue weighted by Gasteiger charge is -2.09. The molecule has 2 rings (SSSR count). The van der Waals surface area contributed by atoms with E-state index in [1.54, 1.807) is 0 Å². The van der Waals surface area contributed by atoms with Crippen molar-refractivity contribution in [1.29, 1.82) is 0 Å². The van der Waals surface area contributed by atoms with Crippen LogP contribution in [0.5, 0.6) is 0 Å². The summed E-state index contributed by atoms with van der Waals surface area (Å²) in [5.74, 6) is -2.22. The average molecular weight is 320 g/mol. The van der Waals surface area contributed by atoms with Gasteiger partial charge in [0.2, 0.25) is 0 Å². The van der Waals surface area contributed by atoms with E-state index >= 15 is 0 Å². The third kappa shape index (κ3) is 3.66. The first-order valence-electron chi connectivity index (χ1n) is 5.43. The minimum atomic E-state index is -4.68. The zero-order valence-corrected chi connectivity index (χ0v) is 10.8. The van der Waals surface area contributed by atoms with Gasteiger partial charge in [0.05, 0.1) is 23.5 Å². The highest BCUT2D eigenvalue weighted by Gasteiger charge is 2.32. The second kappa shape index (κ2) is 5.65. The van der Waals surface area contributed by atoms with Crippen LogP contribution < -0.4 is 5.32 Å². The van der Waals surface area contributed by atoms with Crippen molar-refractivity contribution < 1.29 is 22.4 Å². The van der Waals surface area contributed by atoms with E-state index in [1.807, 2.05) is 0 Å². The summed E-state index contributed by atoms with van der Waals surface area (Å²) in [5, 5.41) is 2.19. The largest absolute Gasteiger partial charge is 0.416 e. The van der Waals surface area contributed by atoms with E-state index in [2.05, 4.69) is 15.3 Å². The smallest absolute Gasteiger partial charge is 0.305 e. The van der Waals surface area contributed by atoms with Crippen molar-refractivity contribution in [2.75, 3.05) is 5.32 Å². The molecule has 0 aliphatic heterocycles. The van der Waals surface area contributed by atoms with Crippen molar-refractivity contribution >= 4 is 23.3 Å². The molecular formula is C12H6ClF4N3O. The Morgan fingerprint density at radius 3 is 2.48 bits per heavy atom. The third-order valence-electron chi connectivity index (χ3n) is 2.40. The van der Waals surface area contributed by atoms with E-state index < -0.39 is 29.0 Å². The molecule has 0 saturated heterocycles. The molecule has 2 aromatic rings. The topological polar surface area (TPSA) is 54.9 Å². The maximum atomic E-state index is 13.5. The van der Waals surface area contributed by atoms with E-state index in [9.17, 15) is 22.4 Å². The van der Waals surface area contributed by atoms with E-state index in [0.717, 1.165) is 12.4 Å². The third-order valence-corrected chi connectivity index (χ3v) is 2.60. The molecule has 1 N–H and O–H groups in total. The van der Waals surface area contributed by atoms with Crippen LogP contribution in [0.15, 0.2) is 30.6 Å². The summed E-state index contributed by atoms with van der Waals surface area (Å²) >= 11 is 5.49. The van der Waals surface area contributed by atoms with Crippen LogP contribution in [-0.2, 0) is 6.18 Å². The van der Waals surface area contributed by atoms with Crippen LogP contribution in [0.3, 0.4) is 0 Å². The zero-order valence-electron chi connectivity index (χ0n) is 10.1. The molecule has 1 aromatic carbocycles. The summed E-state index contributed by atoms with van der Waals surface area (Å²) < 4.78 is 51.1. The average Bonchev–Trinajstić information content (AvgIpc) is 2.40. The van der Waals surface area contributed by atoms with Gasteiger partial charge in [-0.15, -0.1) is 0 Å². The lowest BCUT2D eigenvalue weighted by atomic mass is 10.1. The van der Waals surface area contributed by atoms with Crippen molar-refractivity contribution in [1.82, 2.24) is 9.97 Å². The van der Waals surface area contributed by atoms with E-state index in [-0.39, 0.29) is 11.0 Å². The molecule has 0 aliphatic carbocycles. The van der Waals surface area contributed by atoms with E-state index in [1.165, 1.54) is 0 Å². The lowest BCUT2D eigenvalue weighted by molar-refractivity contribution is -0.137. The number of alkyl halides is 3. The standard InChI is InChI=1S/C12H6ClF4N3O/c13-9-4-19-10(5-18-9)20-11(21)7-3-6(12(15,16)17)1-2-8(7)14/h1-5H,(H,19,20,21). The van der Waals surface area contributed by atoms with Crippen molar-refractivity contribution in [2.24, 2.45) is 0 Å². The van der Waals surface area contributed by atoms with Crippen LogP contribution in [0, 0.1) is 5.82 Å². The Morgan fingerprint density at radius 1 is 1.19 bits per heavy atom. The molecule has 9 heteroatoms. The molecule has 4 nitrogen and oxygen atoms in total. The summed E-state index contributed by atoms with van der Waals surface area (Å²) in [7, 11) is 0. The maximum Gasteiger partial charge on any atom is 0.416 e. The van der Waals surface area contributed by atoms with Crippen LogP contribution in [0.25, 0.3) is 0 Å². The number of carbonyl (C=O) groups is 1. The van der Waals surface area contributed by atoms with Gasteiger partial charge >= 0.3 is 6.18 Å². The molecule has 0 bridgehead atoms. The molecule has 0 spiro atoms. The molecule has 1 aromatic heterocycles. The van der Waals surface area contributed by atoms with Gasteiger partial charge in [0, 0.05) is 0 Å². The van der Waals surface area contributed by atoms with Crippen molar-refractivity contribution in [3.63, 3.8) is 0 Å². The van der Waals surface area contributed by atoms with Gasteiger partial charge in [-0.2, -0.15) is 13.2 Å². The van der Waals surface area contributed by atoms with Crippen LogP contribution in [-0.4, -0.2) is 15.9 Å². The Kier molecular flexibility index (Phi) is 4.08. The molecule has 1 amide bonds. The molecule has 1 heterocycles. The Morgan fingerprint density at radius 2 is 1.90 bits per heavy atom. The van der Waals surface area contributed by atoms with Gasteiger partial charge in [-0.3, -0.25) is 4.79 Å². The SMILES string of the molecule is O=C(Nc1cnc(Cl)cn1)c1cc(C(F)(F)F)ccc1F. The number of anilines is 1. The first-order chi connectivity index (χ1) is 9.77. The predicted molar refractivity (Wildman–Crippen MR) is 66.4 cm³/mol. The summed E-state index contributed by atoms with van der Waals surface area (Å²) in [5.41, 5.74) is -1.88. The number of carbonyl (C=O) groups excluding carboxylic acids is 1. The predicted octanol–water partition coefficient (Wildman–Crippen LogP) is 3.54. The highest BCUT2D eigenvalue weighted by atomic mass is 35.5. The summed E-state index contributed by atoms with van der Waals surface area (Å²) in [6, 6.07) is 1.55. The fourth-order valence-corrected chi connectivity index (χ4v) is 1.53. The maximum absolute atomic E-state index is 13.5. The van der Waals surface area contributed by atoms with Crippen molar-refractivity contribution in [3.8, 4) is 0 Å². The number of amides is 1. The second-order valence-electron chi connectivity index (χ2n) is 3.87. The molecular weight excluding hydrogens is 314 g/mol. The molecule has 0 atom stereocenters. The van der Waals surface area contributed by atoms with Crippen LogP contribution >= 0.6 is 11.6 Å². The van der Waals surface area contributed by atoms with Crippen LogP contribution in [0.1, 0.15) is 15.9 Å². The number of nitrogens with zero attached hydrogens (tertiary/aromatic N) is 2. The van der Waals surface area contributed by atoms with Gasteiger partial charge in [-0.1, -0.05) is 11.6 Å². The van der Waals surface area contributed by atoms with Gasteiger partial charge in [0.15, 0.2) is 5.82 Å². The first-order valence-corrected chi connectivity index (χ1v) is 5.81. The number of rotatable bonds is 2. The summed E-state index contributed by atoms with van der Waals surface area (Å²) in [6.07, 6.45) is -2.46. The van der Waals surface area contributed by atoms with Gasteiger partial charge < -0.3 is 5.32 Å². The second-order valence-corrected chi connectivity index (χ2v) is 4.26. The number of halogens is 5.